The number of para-hydroxylation sites is 1. The lowest BCUT2D eigenvalue weighted by molar-refractivity contribution is -0.129. The standard InChI is InChI=1S/C18H26N2O3/c1-13(2)8-9-19-18(22)15-10-17(21)20(12-15)11-14-6-4-5-7-16(14)23-3/h4-7,13,15H,8-12H2,1-3H3,(H,19,22)/t15-/m1/s1. The van der Waals surface area contributed by atoms with E-state index in [0.29, 0.717) is 32.0 Å². The quantitative estimate of drug-likeness (QED) is 0.838. The van der Waals surface area contributed by atoms with E-state index in [2.05, 4.69) is 19.2 Å². The van der Waals surface area contributed by atoms with Gasteiger partial charge in [0.25, 0.3) is 0 Å². The molecule has 0 spiro atoms. The summed E-state index contributed by atoms with van der Waals surface area (Å²) >= 11 is 0. The van der Waals surface area contributed by atoms with E-state index >= 15 is 0 Å². The molecular formula is C18H26N2O3. The minimum Gasteiger partial charge on any atom is -0.496 e. The molecule has 23 heavy (non-hydrogen) atoms. The van der Waals surface area contributed by atoms with E-state index in [1.165, 1.54) is 0 Å². The fraction of sp³-hybridized carbons (Fsp3) is 0.556. The summed E-state index contributed by atoms with van der Waals surface area (Å²) < 4.78 is 5.32. The van der Waals surface area contributed by atoms with Crippen LogP contribution in [0.3, 0.4) is 0 Å². The highest BCUT2D eigenvalue weighted by molar-refractivity contribution is 5.89. The molecule has 2 amide bonds. The molecule has 1 fully saturated rings. The van der Waals surface area contributed by atoms with Gasteiger partial charge in [-0.25, -0.2) is 0 Å². The average molecular weight is 318 g/mol. The van der Waals surface area contributed by atoms with Gasteiger partial charge >= 0.3 is 0 Å². The molecule has 1 aromatic rings. The average Bonchev–Trinajstić information content (AvgIpc) is 2.88. The van der Waals surface area contributed by atoms with E-state index in [4.69, 9.17) is 4.74 Å². The van der Waals surface area contributed by atoms with Crippen LogP contribution < -0.4 is 10.1 Å². The summed E-state index contributed by atoms with van der Waals surface area (Å²) in [5, 5.41) is 2.94. The first-order chi connectivity index (χ1) is 11.0. The van der Waals surface area contributed by atoms with E-state index in [1.54, 1.807) is 12.0 Å². The summed E-state index contributed by atoms with van der Waals surface area (Å²) in [6.45, 7) is 5.89. The van der Waals surface area contributed by atoms with E-state index in [9.17, 15) is 9.59 Å². The van der Waals surface area contributed by atoms with Crippen molar-refractivity contribution in [3.8, 4) is 5.75 Å². The Morgan fingerprint density at radius 3 is 2.83 bits per heavy atom. The molecule has 1 saturated heterocycles. The van der Waals surface area contributed by atoms with E-state index in [0.717, 1.165) is 17.7 Å². The summed E-state index contributed by atoms with van der Waals surface area (Å²) in [6.07, 6.45) is 1.25. The Labute approximate surface area is 138 Å². The highest BCUT2D eigenvalue weighted by atomic mass is 16.5. The Hall–Kier alpha value is -2.04. The summed E-state index contributed by atoms with van der Waals surface area (Å²) in [7, 11) is 1.62. The molecule has 0 saturated carbocycles. The summed E-state index contributed by atoms with van der Waals surface area (Å²) in [5.41, 5.74) is 0.962. The Morgan fingerprint density at radius 2 is 2.13 bits per heavy atom. The van der Waals surface area contributed by atoms with Crippen LogP contribution in [0.5, 0.6) is 5.75 Å². The summed E-state index contributed by atoms with van der Waals surface area (Å²) in [5.74, 6) is 1.10. The Morgan fingerprint density at radius 1 is 1.39 bits per heavy atom. The van der Waals surface area contributed by atoms with Crippen molar-refractivity contribution in [2.24, 2.45) is 11.8 Å². The predicted octanol–water partition coefficient (Wildman–Crippen LogP) is 2.21. The molecule has 1 aromatic carbocycles. The first kappa shape index (κ1) is 17.3. The number of rotatable bonds is 7. The maximum absolute atomic E-state index is 12.2. The highest BCUT2D eigenvalue weighted by Crippen LogP contribution is 2.24. The highest BCUT2D eigenvalue weighted by Gasteiger charge is 2.34. The zero-order valence-corrected chi connectivity index (χ0v) is 14.2. The van der Waals surface area contributed by atoms with E-state index in [-0.39, 0.29) is 17.7 Å². The van der Waals surface area contributed by atoms with Crippen LogP contribution in [-0.2, 0) is 16.1 Å². The number of carbonyl (C=O) groups is 2. The Bertz CT molecular complexity index is 557. The van der Waals surface area contributed by atoms with Crippen molar-refractivity contribution in [2.45, 2.75) is 33.2 Å². The van der Waals surface area contributed by atoms with Gasteiger partial charge < -0.3 is 15.0 Å². The van der Waals surface area contributed by atoms with E-state index < -0.39 is 0 Å². The van der Waals surface area contributed by atoms with Crippen LogP contribution >= 0.6 is 0 Å². The van der Waals surface area contributed by atoms with Crippen LogP contribution in [0.15, 0.2) is 24.3 Å². The fourth-order valence-electron chi connectivity index (χ4n) is 2.77. The van der Waals surface area contributed by atoms with Crippen LogP contribution in [-0.4, -0.2) is 36.9 Å². The zero-order valence-electron chi connectivity index (χ0n) is 14.2. The smallest absolute Gasteiger partial charge is 0.225 e. The number of nitrogens with one attached hydrogen (secondary N) is 1. The minimum atomic E-state index is -0.246. The number of hydrogen-bond acceptors (Lipinski definition) is 3. The molecule has 0 unspecified atom stereocenters. The van der Waals surface area contributed by atoms with Gasteiger partial charge in [0.1, 0.15) is 5.75 Å². The second-order valence-corrected chi connectivity index (χ2v) is 6.46. The number of hydrogen-bond donors (Lipinski definition) is 1. The number of carbonyl (C=O) groups excluding carboxylic acids is 2. The van der Waals surface area contributed by atoms with Gasteiger partial charge in [-0.15, -0.1) is 0 Å². The van der Waals surface area contributed by atoms with Gasteiger partial charge in [0.15, 0.2) is 0 Å². The SMILES string of the molecule is COc1ccccc1CN1C[C@H](C(=O)NCCC(C)C)CC1=O. The van der Waals surface area contributed by atoms with Gasteiger partial charge in [0.05, 0.1) is 13.0 Å². The Kier molecular flexibility index (Phi) is 6.02. The van der Waals surface area contributed by atoms with Crippen molar-refractivity contribution in [3.05, 3.63) is 29.8 Å². The number of amides is 2. The van der Waals surface area contributed by atoms with Gasteiger partial charge in [-0.1, -0.05) is 32.0 Å². The molecule has 2 rings (SSSR count). The molecule has 1 aliphatic heterocycles. The van der Waals surface area contributed by atoms with Gasteiger partial charge in [0.2, 0.25) is 11.8 Å². The second kappa shape index (κ2) is 7.99. The molecule has 1 atom stereocenters. The molecule has 0 aliphatic carbocycles. The second-order valence-electron chi connectivity index (χ2n) is 6.46. The Balaban J connectivity index is 1.91. The molecular weight excluding hydrogens is 292 g/mol. The molecule has 1 heterocycles. The van der Waals surface area contributed by atoms with Crippen molar-refractivity contribution < 1.29 is 14.3 Å². The number of benzene rings is 1. The molecule has 0 bridgehead atoms. The fourth-order valence-corrected chi connectivity index (χ4v) is 2.77. The lowest BCUT2D eigenvalue weighted by Crippen LogP contribution is -2.33. The van der Waals surface area contributed by atoms with Crippen LogP contribution in [0.25, 0.3) is 0 Å². The molecule has 1 N–H and O–H groups in total. The molecule has 126 valence electrons. The van der Waals surface area contributed by atoms with Crippen LogP contribution in [0.1, 0.15) is 32.3 Å². The zero-order chi connectivity index (χ0) is 16.8. The van der Waals surface area contributed by atoms with E-state index in [1.807, 2.05) is 24.3 Å². The molecule has 0 radical (unpaired) electrons. The van der Waals surface area contributed by atoms with Crippen LogP contribution in [0.4, 0.5) is 0 Å². The van der Waals surface area contributed by atoms with Crippen LogP contribution in [0, 0.1) is 11.8 Å². The van der Waals surface area contributed by atoms with Gasteiger partial charge in [-0.05, 0) is 18.4 Å². The van der Waals surface area contributed by atoms with Gasteiger partial charge in [-0.2, -0.15) is 0 Å². The first-order valence-electron chi connectivity index (χ1n) is 8.18. The topological polar surface area (TPSA) is 58.6 Å². The maximum atomic E-state index is 12.2. The first-order valence-corrected chi connectivity index (χ1v) is 8.18. The number of nitrogens with zero attached hydrogens (tertiary/aromatic N) is 1. The van der Waals surface area contributed by atoms with Crippen molar-refractivity contribution in [1.82, 2.24) is 10.2 Å². The van der Waals surface area contributed by atoms with Crippen LogP contribution in [0.2, 0.25) is 0 Å². The predicted molar refractivity (Wildman–Crippen MR) is 89.0 cm³/mol. The third-order valence-electron chi connectivity index (χ3n) is 4.16. The van der Waals surface area contributed by atoms with Crippen molar-refractivity contribution in [1.29, 1.82) is 0 Å². The molecule has 5 heteroatoms. The van der Waals surface area contributed by atoms with Crippen molar-refractivity contribution in [2.75, 3.05) is 20.2 Å². The minimum absolute atomic E-state index is 0.0125. The molecule has 0 aromatic heterocycles. The summed E-state index contributed by atoms with van der Waals surface area (Å²) in [6, 6.07) is 7.65. The lowest BCUT2D eigenvalue weighted by Gasteiger charge is -2.18. The maximum Gasteiger partial charge on any atom is 0.225 e. The van der Waals surface area contributed by atoms with Gasteiger partial charge in [0, 0.05) is 31.6 Å². The number of methoxy groups -OCH3 is 1. The normalized spacial score (nSPS) is 17.7. The third-order valence-corrected chi connectivity index (χ3v) is 4.16. The summed E-state index contributed by atoms with van der Waals surface area (Å²) in [4.78, 5) is 26.1. The lowest BCUT2D eigenvalue weighted by atomic mass is 10.1. The third kappa shape index (κ3) is 4.71. The number of ether oxygens (including phenoxy) is 1. The largest absolute Gasteiger partial charge is 0.496 e. The molecule has 1 aliphatic rings. The van der Waals surface area contributed by atoms with Crippen molar-refractivity contribution in [3.63, 3.8) is 0 Å². The molecule has 5 nitrogen and oxygen atoms in total. The van der Waals surface area contributed by atoms with Crippen molar-refractivity contribution >= 4 is 11.8 Å². The van der Waals surface area contributed by atoms with Gasteiger partial charge in [-0.3, -0.25) is 9.59 Å². The monoisotopic (exact) mass is 318 g/mol. The number of likely N-dealkylation sites (tertiary alicyclic amines) is 1.